The third-order valence-corrected chi connectivity index (χ3v) is 6.78. The fourth-order valence-corrected chi connectivity index (χ4v) is 5.41. The van der Waals surface area contributed by atoms with Crippen LogP contribution in [0.3, 0.4) is 0 Å². The summed E-state index contributed by atoms with van der Waals surface area (Å²) in [7, 11) is -3.36. The SMILES string of the molecule is Cc1nc(C(F)(F)F)ccc1C(=O)NC(CC1CC1)(CS(C)(=O)=O)C1CCC1. The number of hydrogen-bond acceptors (Lipinski definition) is 4. The molecule has 1 N–H and O–H groups in total. The molecule has 3 rings (SSSR count). The lowest BCUT2D eigenvalue weighted by Gasteiger charge is -2.46. The molecule has 0 saturated heterocycles. The normalized spacial score (nSPS) is 20.3. The predicted octanol–water partition coefficient (Wildman–Crippen LogP) is 3.52. The van der Waals surface area contributed by atoms with Crippen molar-refractivity contribution in [2.45, 2.75) is 57.2 Å². The third-order valence-electron chi connectivity index (χ3n) is 5.74. The number of nitrogens with one attached hydrogen (secondary N) is 1. The molecule has 5 nitrogen and oxygen atoms in total. The zero-order chi connectivity index (χ0) is 20.7. The van der Waals surface area contributed by atoms with Crippen LogP contribution in [-0.4, -0.2) is 36.9 Å². The van der Waals surface area contributed by atoms with Gasteiger partial charge in [0.05, 0.1) is 22.5 Å². The molecule has 2 fully saturated rings. The molecule has 0 bridgehead atoms. The Kier molecular flexibility index (Phi) is 5.51. The largest absolute Gasteiger partial charge is 0.433 e. The zero-order valence-electron chi connectivity index (χ0n) is 16.0. The van der Waals surface area contributed by atoms with Gasteiger partial charge in [-0.25, -0.2) is 13.4 Å². The lowest BCUT2D eigenvalue weighted by molar-refractivity contribution is -0.141. The minimum atomic E-state index is -4.59. The van der Waals surface area contributed by atoms with Gasteiger partial charge in [0.1, 0.15) is 15.5 Å². The molecule has 0 aromatic carbocycles. The van der Waals surface area contributed by atoms with Crippen molar-refractivity contribution in [2.75, 3.05) is 12.0 Å². The standard InChI is InChI=1S/C19H25F3N2O3S/c1-12-15(8-9-16(23-12)19(20,21)22)17(25)24-18(10-13-6-7-13,11-28(2,26)27)14-4-3-5-14/h8-9,13-14H,3-7,10-11H2,1-2H3,(H,24,25). The Morgan fingerprint density at radius 2 is 1.86 bits per heavy atom. The van der Waals surface area contributed by atoms with E-state index >= 15 is 0 Å². The highest BCUT2D eigenvalue weighted by Gasteiger charge is 2.48. The van der Waals surface area contributed by atoms with Gasteiger partial charge in [0, 0.05) is 6.26 Å². The molecule has 0 spiro atoms. The van der Waals surface area contributed by atoms with Crippen LogP contribution >= 0.6 is 0 Å². The van der Waals surface area contributed by atoms with E-state index in [1.165, 1.54) is 6.92 Å². The molecular weight excluding hydrogens is 393 g/mol. The molecule has 2 aliphatic rings. The second-order valence-electron chi connectivity index (χ2n) is 8.28. The van der Waals surface area contributed by atoms with Gasteiger partial charge in [-0.1, -0.05) is 19.3 Å². The number of pyridine rings is 1. The van der Waals surface area contributed by atoms with Gasteiger partial charge in [0.2, 0.25) is 0 Å². The first kappa shape index (κ1) is 21.1. The number of halogens is 3. The summed E-state index contributed by atoms with van der Waals surface area (Å²) >= 11 is 0. The quantitative estimate of drug-likeness (QED) is 0.735. The second-order valence-corrected chi connectivity index (χ2v) is 10.4. The first-order chi connectivity index (χ1) is 12.9. The van der Waals surface area contributed by atoms with Crippen molar-refractivity contribution in [1.82, 2.24) is 10.3 Å². The molecule has 0 radical (unpaired) electrons. The highest BCUT2D eigenvalue weighted by molar-refractivity contribution is 7.90. The van der Waals surface area contributed by atoms with Crippen LogP contribution in [-0.2, 0) is 16.0 Å². The number of amides is 1. The molecule has 1 unspecified atom stereocenters. The second kappa shape index (κ2) is 7.31. The molecule has 0 aliphatic heterocycles. The van der Waals surface area contributed by atoms with Crippen LogP contribution in [0.1, 0.15) is 60.3 Å². The Balaban J connectivity index is 1.90. The van der Waals surface area contributed by atoms with Gasteiger partial charge >= 0.3 is 6.18 Å². The van der Waals surface area contributed by atoms with Crippen molar-refractivity contribution in [2.24, 2.45) is 11.8 Å². The Morgan fingerprint density at radius 3 is 2.29 bits per heavy atom. The first-order valence-corrected chi connectivity index (χ1v) is 11.5. The summed E-state index contributed by atoms with van der Waals surface area (Å²) in [5, 5.41) is 2.94. The molecule has 1 aromatic heterocycles. The summed E-state index contributed by atoms with van der Waals surface area (Å²) in [5.41, 5.74) is -1.92. The molecule has 1 amide bonds. The number of alkyl halides is 3. The predicted molar refractivity (Wildman–Crippen MR) is 98.6 cm³/mol. The number of carbonyl (C=O) groups is 1. The van der Waals surface area contributed by atoms with Crippen molar-refractivity contribution in [1.29, 1.82) is 0 Å². The first-order valence-electron chi connectivity index (χ1n) is 9.45. The monoisotopic (exact) mass is 418 g/mol. The van der Waals surface area contributed by atoms with E-state index in [2.05, 4.69) is 10.3 Å². The van der Waals surface area contributed by atoms with Crippen molar-refractivity contribution in [3.05, 3.63) is 29.1 Å². The maximum Gasteiger partial charge on any atom is 0.433 e. The number of rotatable bonds is 7. The van der Waals surface area contributed by atoms with Crippen LogP contribution in [0.2, 0.25) is 0 Å². The lowest BCUT2D eigenvalue weighted by atomic mass is 9.69. The van der Waals surface area contributed by atoms with Crippen molar-refractivity contribution in [3.63, 3.8) is 0 Å². The van der Waals surface area contributed by atoms with Crippen molar-refractivity contribution >= 4 is 15.7 Å². The molecule has 1 heterocycles. The lowest BCUT2D eigenvalue weighted by Crippen LogP contribution is -2.60. The van der Waals surface area contributed by atoms with E-state index in [1.807, 2.05) is 0 Å². The van der Waals surface area contributed by atoms with Gasteiger partial charge in [0.15, 0.2) is 0 Å². The number of carbonyl (C=O) groups excluding carboxylic acids is 1. The number of hydrogen-bond donors (Lipinski definition) is 1. The fourth-order valence-electron chi connectivity index (χ4n) is 4.05. The van der Waals surface area contributed by atoms with E-state index in [-0.39, 0.29) is 22.9 Å². The molecule has 1 aromatic rings. The van der Waals surface area contributed by atoms with Crippen LogP contribution in [0.4, 0.5) is 13.2 Å². The van der Waals surface area contributed by atoms with E-state index in [0.29, 0.717) is 12.3 Å². The number of aromatic nitrogens is 1. The van der Waals surface area contributed by atoms with Crippen molar-refractivity contribution in [3.8, 4) is 0 Å². The molecule has 9 heteroatoms. The van der Waals surface area contributed by atoms with E-state index in [9.17, 15) is 26.4 Å². The summed E-state index contributed by atoms with van der Waals surface area (Å²) < 4.78 is 62.8. The zero-order valence-corrected chi connectivity index (χ0v) is 16.8. The smallest absolute Gasteiger partial charge is 0.345 e. The van der Waals surface area contributed by atoms with E-state index in [1.54, 1.807) is 0 Å². The van der Waals surface area contributed by atoms with Gasteiger partial charge in [-0.3, -0.25) is 4.79 Å². The minimum Gasteiger partial charge on any atom is -0.345 e. The fraction of sp³-hybridized carbons (Fsp3) is 0.684. The van der Waals surface area contributed by atoms with Gasteiger partial charge < -0.3 is 5.32 Å². The highest BCUT2D eigenvalue weighted by Crippen LogP contribution is 2.46. The molecule has 2 saturated carbocycles. The number of aryl methyl sites for hydroxylation is 1. The molecule has 28 heavy (non-hydrogen) atoms. The van der Waals surface area contributed by atoms with Crippen molar-refractivity contribution < 1.29 is 26.4 Å². The van der Waals surface area contributed by atoms with E-state index in [4.69, 9.17) is 0 Å². The Hall–Kier alpha value is -1.64. The van der Waals surface area contributed by atoms with Gasteiger partial charge in [0.25, 0.3) is 5.91 Å². The summed E-state index contributed by atoms with van der Waals surface area (Å²) in [5.74, 6) is -0.265. The molecule has 1 atom stereocenters. The van der Waals surface area contributed by atoms with Gasteiger partial charge in [-0.2, -0.15) is 13.2 Å². The average Bonchev–Trinajstić information content (AvgIpc) is 3.25. The Bertz CT molecular complexity index is 862. The summed E-state index contributed by atoms with van der Waals surface area (Å²) in [6.45, 7) is 1.35. The highest BCUT2D eigenvalue weighted by atomic mass is 32.2. The number of sulfone groups is 1. The van der Waals surface area contributed by atoms with Crippen LogP contribution in [0.15, 0.2) is 12.1 Å². The van der Waals surface area contributed by atoms with Crippen LogP contribution < -0.4 is 5.32 Å². The molecule has 2 aliphatic carbocycles. The molecular formula is C19H25F3N2O3S. The summed E-state index contributed by atoms with van der Waals surface area (Å²) in [6, 6.07) is 1.90. The summed E-state index contributed by atoms with van der Waals surface area (Å²) in [4.78, 5) is 16.5. The van der Waals surface area contributed by atoms with Gasteiger partial charge in [-0.05, 0) is 50.2 Å². The minimum absolute atomic E-state index is 0.0272. The third kappa shape index (κ3) is 4.85. The van der Waals surface area contributed by atoms with Crippen LogP contribution in [0.25, 0.3) is 0 Å². The molecule has 156 valence electrons. The van der Waals surface area contributed by atoms with E-state index in [0.717, 1.165) is 50.5 Å². The van der Waals surface area contributed by atoms with Crippen LogP contribution in [0, 0.1) is 18.8 Å². The maximum absolute atomic E-state index is 12.9. The average molecular weight is 418 g/mol. The Labute approximate surface area is 163 Å². The van der Waals surface area contributed by atoms with Gasteiger partial charge in [-0.15, -0.1) is 0 Å². The van der Waals surface area contributed by atoms with E-state index < -0.39 is 33.2 Å². The number of nitrogens with zero attached hydrogens (tertiary/aromatic N) is 1. The topological polar surface area (TPSA) is 76.1 Å². The summed E-state index contributed by atoms with van der Waals surface area (Å²) in [6.07, 6.45) is 1.84. The Morgan fingerprint density at radius 1 is 1.21 bits per heavy atom. The maximum atomic E-state index is 12.9. The van der Waals surface area contributed by atoms with Crippen LogP contribution in [0.5, 0.6) is 0 Å².